The molecule has 0 spiro atoms. The van der Waals surface area contributed by atoms with Crippen molar-refractivity contribution < 1.29 is 14.7 Å². The number of piperidine rings is 1. The summed E-state index contributed by atoms with van der Waals surface area (Å²) in [5, 5.41) is 19.8. The molecule has 1 aromatic heterocycles. The summed E-state index contributed by atoms with van der Waals surface area (Å²) in [5.41, 5.74) is -0.862. The number of carboxylic acids is 1. The summed E-state index contributed by atoms with van der Waals surface area (Å²) in [5.74, 6) is -0.172. The number of nitrogens with one attached hydrogen (secondary N) is 1. The molecule has 2 heterocycles. The molecule has 0 saturated carbocycles. The smallest absolute Gasteiger partial charge is 0.317 e. The highest BCUT2D eigenvalue weighted by Crippen LogP contribution is 2.29. The van der Waals surface area contributed by atoms with Gasteiger partial charge in [0.25, 0.3) is 0 Å². The molecule has 116 valence electrons. The Kier molecular flexibility index (Phi) is 4.44. The number of hydrogen-bond acceptors (Lipinski definition) is 4. The van der Waals surface area contributed by atoms with Crippen molar-refractivity contribution in [2.75, 3.05) is 13.1 Å². The number of aryl methyl sites for hydroxylation is 1. The number of amides is 2. The van der Waals surface area contributed by atoms with Gasteiger partial charge in [0, 0.05) is 19.6 Å². The highest BCUT2D eigenvalue weighted by molar-refractivity contribution is 5.78. The van der Waals surface area contributed by atoms with Gasteiger partial charge in [0.1, 0.15) is 6.33 Å². The lowest BCUT2D eigenvalue weighted by Gasteiger charge is -2.37. The zero-order valence-corrected chi connectivity index (χ0v) is 12.4. The standard InChI is InChI=1S/C13H21N5O3/c1-3-17-9-15-16-10(17)7-14-12(21)18-6-4-5-13(2,8-18)11(19)20/h9H,3-8H2,1-2H3,(H,14,21)(H,19,20). The topological polar surface area (TPSA) is 100 Å². The van der Waals surface area contributed by atoms with Crippen LogP contribution in [0.15, 0.2) is 6.33 Å². The Hall–Kier alpha value is -2.12. The fraction of sp³-hybridized carbons (Fsp3) is 0.692. The van der Waals surface area contributed by atoms with Crippen LogP contribution in [0.2, 0.25) is 0 Å². The Morgan fingerprint density at radius 1 is 1.52 bits per heavy atom. The zero-order valence-electron chi connectivity index (χ0n) is 12.4. The number of carbonyl (C=O) groups excluding carboxylic acids is 1. The van der Waals surface area contributed by atoms with E-state index >= 15 is 0 Å². The molecule has 0 radical (unpaired) electrons. The molecule has 0 aromatic carbocycles. The van der Waals surface area contributed by atoms with Crippen LogP contribution >= 0.6 is 0 Å². The van der Waals surface area contributed by atoms with Crippen molar-refractivity contribution in [3.63, 3.8) is 0 Å². The Balaban J connectivity index is 1.93. The van der Waals surface area contributed by atoms with Crippen LogP contribution in [0.5, 0.6) is 0 Å². The largest absolute Gasteiger partial charge is 0.481 e. The SMILES string of the molecule is CCn1cnnc1CNC(=O)N1CCCC(C)(C(=O)O)C1. The van der Waals surface area contributed by atoms with E-state index in [1.807, 2.05) is 11.5 Å². The third-order valence-corrected chi connectivity index (χ3v) is 3.93. The minimum absolute atomic E-state index is 0.231. The van der Waals surface area contributed by atoms with Crippen LogP contribution in [0.4, 0.5) is 4.79 Å². The van der Waals surface area contributed by atoms with Gasteiger partial charge in [-0.1, -0.05) is 0 Å². The average molecular weight is 295 g/mol. The molecule has 2 N–H and O–H groups in total. The molecule has 8 nitrogen and oxygen atoms in total. The minimum Gasteiger partial charge on any atom is -0.481 e. The summed E-state index contributed by atoms with van der Waals surface area (Å²) >= 11 is 0. The van der Waals surface area contributed by atoms with Gasteiger partial charge in [-0.05, 0) is 26.7 Å². The lowest BCUT2D eigenvalue weighted by molar-refractivity contribution is -0.150. The van der Waals surface area contributed by atoms with Crippen molar-refractivity contribution in [3.8, 4) is 0 Å². The van der Waals surface area contributed by atoms with Crippen LogP contribution in [0.3, 0.4) is 0 Å². The predicted molar refractivity (Wildman–Crippen MR) is 74.5 cm³/mol. The van der Waals surface area contributed by atoms with Gasteiger partial charge in [-0.25, -0.2) is 4.79 Å². The monoisotopic (exact) mass is 295 g/mol. The molecule has 1 fully saturated rings. The number of aromatic nitrogens is 3. The zero-order chi connectivity index (χ0) is 15.5. The van der Waals surface area contributed by atoms with Crippen molar-refractivity contribution in [3.05, 3.63) is 12.2 Å². The molecular formula is C13H21N5O3. The van der Waals surface area contributed by atoms with E-state index < -0.39 is 11.4 Å². The van der Waals surface area contributed by atoms with Crippen LogP contribution in [-0.4, -0.2) is 49.9 Å². The number of nitrogens with zero attached hydrogens (tertiary/aromatic N) is 4. The molecule has 1 aliphatic heterocycles. The summed E-state index contributed by atoms with van der Waals surface area (Å²) < 4.78 is 1.85. The second-order valence-corrected chi connectivity index (χ2v) is 5.58. The summed E-state index contributed by atoms with van der Waals surface area (Å²) in [6.07, 6.45) is 2.90. The molecule has 2 amide bonds. The first-order valence-corrected chi connectivity index (χ1v) is 7.09. The molecule has 0 aliphatic carbocycles. The van der Waals surface area contributed by atoms with Gasteiger partial charge in [-0.15, -0.1) is 10.2 Å². The molecule has 1 unspecified atom stereocenters. The first-order valence-electron chi connectivity index (χ1n) is 7.09. The Bertz CT molecular complexity index is 530. The van der Waals surface area contributed by atoms with Gasteiger partial charge in [0.15, 0.2) is 5.82 Å². The molecule has 8 heteroatoms. The maximum Gasteiger partial charge on any atom is 0.317 e. The first kappa shape index (κ1) is 15.3. The van der Waals surface area contributed by atoms with Gasteiger partial charge in [-0.2, -0.15) is 0 Å². The van der Waals surface area contributed by atoms with E-state index in [1.165, 1.54) is 0 Å². The third-order valence-electron chi connectivity index (χ3n) is 3.93. The normalized spacial score (nSPS) is 22.1. The van der Waals surface area contributed by atoms with Crippen LogP contribution in [0, 0.1) is 5.41 Å². The number of rotatable bonds is 4. The van der Waals surface area contributed by atoms with Crippen molar-refractivity contribution in [2.24, 2.45) is 5.41 Å². The molecule has 1 aliphatic rings. The van der Waals surface area contributed by atoms with E-state index in [4.69, 9.17) is 0 Å². The molecule has 1 atom stereocenters. The highest BCUT2D eigenvalue weighted by Gasteiger charge is 2.39. The van der Waals surface area contributed by atoms with E-state index in [-0.39, 0.29) is 19.1 Å². The van der Waals surface area contributed by atoms with Gasteiger partial charge in [-0.3, -0.25) is 4.79 Å². The quantitative estimate of drug-likeness (QED) is 0.851. The van der Waals surface area contributed by atoms with Crippen molar-refractivity contribution >= 4 is 12.0 Å². The number of likely N-dealkylation sites (tertiary alicyclic amines) is 1. The lowest BCUT2D eigenvalue weighted by Crippen LogP contribution is -2.51. The van der Waals surface area contributed by atoms with Crippen molar-refractivity contribution in [1.82, 2.24) is 25.0 Å². The molecular weight excluding hydrogens is 274 g/mol. The van der Waals surface area contributed by atoms with E-state index in [2.05, 4.69) is 15.5 Å². The van der Waals surface area contributed by atoms with Gasteiger partial charge >= 0.3 is 12.0 Å². The number of carbonyl (C=O) groups is 2. The number of urea groups is 1. The van der Waals surface area contributed by atoms with Crippen molar-refractivity contribution in [2.45, 2.75) is 39.8 Å². The lowest BCUT2D eigenvalue weighted by atomic mass is 9.82. The average Bonchev–Trinajstić information content (AvgIpc) is 2.92. The number of aliphatic carboxylic acids is 1. The van der Waals surface area contributed by atoms with Crippen LogP contribution in [0.25, 0.3) is 0 Å². The Labute approximate surface area is 123 Å². The third kappa shape index (κ3) is 3.32. The van der Waals surface area contributed by atoms with E-state index in [0.29, 0.717) is 25.2 Å². The molecule has 2 rings (SSSR count). The van der Waals surface area contributed by atoms with E-state index in [9.17, 15) is 14.7 Å². The van der Waals surface area contributed by atoms with Gasteiger partial charge < -0.3 is 19.9 Å². The Morgan fingerprint density at radius 2 is 2.29 bits per heavy atom. The highest BCUT2D eigenvalue weighted by atomic mass is 16.4. The summed E-state index contributed by atoms with van der Waals surface area (Å²) in [6, 6.07) is -0.257. The van der Waals surface area contributed by atoms with Crippen LogP contribution < -0.4 is 5.32 Å². The minimum atomic E-state index is -0.862. The fourth-order valence-corrected chi connectivity index (χ4v) is 2.53. The molecule has 21 heavy (non-hydrogen) atoms. The summed E-state index contributed by atoms with van der Waals surface area (Å²) in [6.45, 7) is 5.48. The predicted octanol–water partition coefficient (Wildman–Crippen LogP) is 0.694. The summed E-state index contributed by atoms with van der Waals surface area (Å²) in [7, 11) is 0. The fourth-order valence-electron chi connectivity index (χ4n) is 2.53. The van der Waals surface area contributed by atoms with E-state index in [1.54, 1.807) is 18.2 Å². The Morgan fingerprint density at radius 3 is 2.95 bits per heavy atom. The second kappa shape index (κ2) is 6.11. The maximum atomic E-state index is 12.2. The molecule has 0 bridgehead atoms. The number of carboxylic acid groups (broad SMARTS) is 1. The van der Waals surface area contributed by atoms with Gasteiger partial charge in [0.2, 0.25) is 0 Å². The maximum absolute atomic E-state index is 12.2. The molecule has 1 saturated heterocycles. The van der Waals surface area contributed by atoms with Crippen LogP contribution in [0.1, 0.15) is 32.5 Å². The molecule has 1 aromatic rings. The van der Waals surface area contributed by atoms with Gasteiger partial charge in [0.05, 0.1) is 12.0 Å². The second-order valence-electron chi connectivity index (χ2n) is 5.58. The summed E-state index contributed by atoms with van der Waals surface area (Å²) in [4.78, 5) is 25.0. The van der Waals surface area contributed by atoms with Crippen LogP contribution in [-0.2, 0) is 17.9 Å². The van der Waals surface area contributed by atoms with E-state index in [0.717, 1.165) is 6.54 Å². The first-order chi connectivity index (χ1) is 9.96. The number of hydrogen-bond donors (Lipinski definition) is 2. The van der Waals surface area contributed by atoms with Crippen molar-refractivity contribution in [1.29, 1.82) is 0 Å².